The molecular weight excluding hydrogens is 251 g/mol. The van der Waals surface area contributed by atoms with E-state index in [9.17, 15) is 18.0 Å². The lowest BCUT2D eigenvalue weighted by Gasteiger charge is -2.25. The van der Waals surface area contributed by atoms with E-state index in [1.165, 1.54) is 0 Å². The van der Waals surface area contributed by atoms with Crippen molar-refractivity contribution in [2.45, 2.75) is 25.1 Å². The van der Waals surface area contributed by atoms with Crippen LogP contribution < -0.4 is 4.90 Å². The lowest BCUT2D eigenvalue weighted by atomic mass is 10.2. The number of rotatable bonds is 4. The van der Waals surface area contributed by atoms with E-state index in [2.05, 4.69) is 10.2 Å². The highest BCUT2D eigenvalue weighted by molar-refractivity contribution is 5.93. The Morgan fingerprint density at radius 2 is 2.17 bits per heavy atom. The summed E-state index contributed by atoms with van der Waals surface area (Å²) in [5.41, 5.74) is -0.263. The standard InChI is InChI=1S/C10H10F3N3O2/c11-10(12,13)5-16(6-1-2-6)8-7(9(17)18)3-4-14-15-8/h3-4,6H,1-2,5H2,(H,17,18). The van der Waals surface area contributed by atoms with Crippen molar-refractivity contribution in [3.8, 4) is 0 Å². The number of carbonyl (C=O) groups is 1. The van der Waals surface area contributed by atoms with Crippen LogP contribution >= 0.6 is 0 Å². The summed E-state index contributed by atoms with van der Waals surface area (Å²) in [6, 6.07) is 0.845. The second-order valence-corrected chi connectivity index (χ2v) is 4.05. The second-order valence-electron chi connectivity index (χ2n) is 4.05. The van der Waals surface area contributed by atoms with Crippen molar-refractivity contribution in [2.24, 2.45) is 0 Å². The highest BCUT2D eigenvalue weighted by atomic mass is 19.4. The molecule has 0 spiro atoms. The van der Waals surface area contributed by atoms with Gasteiger partial charge in [0.05, 0.1) is 6.20 Å². The molecule has 1 aliphatic rings. The average molecular weight is 261 g/mol. The first-order valence-corrected chi connectivity index (χ1v) is 5.27. The molecule has 1 saturated carbocycles. The molecule has 1 aromatic heterocycles. The largest absolute Gasteiger partial charge is 0.478 e. The molecule has 0 saturated heterocycles. The number of carboxylic acids is 1. The van der Waals surface area contributed by atoms with Gasteiger partial charge in [-0.25, -0.2) is 4.79 Å². The van der Waals surface area contributed by atoms with Crippen LogP contribution in [-0.2, 0) is 0 Å². The summed E-state index contributed by atoms with van der Waals surface area (Å²) in [7, 11) is 0. The molecule has 0 radical (unpaired) electrons. The number of nitrogens with zero attached hydrogens (tertiary/aromatic N) is 3. The van der Waals surface area contributed by atoms with Crippen LogP contribution in [0.4, 0.5) is 19.0 Å². The minimum atomic E-state index is -4.41. The predicted octanol–water partition coefficient (Wildman–Crippen LogP) is 1.71. The minimum absolute atomic E-state index is 0.218. The minimum Gasteiger partial charge on any atom is -0.478 e. The van der Waals surface area contributed by atoms with E-state index in [-0.39, 0.29) is 17.4 Å². The normalized spacial score (nSPS) is 15.5. The van der Waals surface area contributed by atoms with Gasteiger partial charge in [-0.3, -0.25) is 0 Å². The van der Waals surface area contributed by atoms with E-state index in [0.29, 0.717) is 12.8 Å². The first-order valence-electron chi connectivity index (χ1n) is 5.27. The van der Waals surface area contributed by atoms with Gasteiger partial charge in [-0.2, -0.15) is 18.3 Å². The Balaban J connectivity index is 2.33. The molecule has 8 heteroatoms. The third kappa shape index (κ3) is 2.88. The van der Waals surface area contributed by atoms with Crippen molar-refractivity contribution >= 4 is 11.8 Å². The van der Waals surface area contributed by atoms with Crippen LogP contribution in [0, 0.1) is 0 Å². The molecule has 1 aromatic rings. The van der Waals surface area contributed by atoms with Gasteiger partial charge >= 0.3 is 12.1 Å². The fraction of sp³-hybridized carbons (Fsp3) is 0.500. The van der Waals surface area contributed by atoms with Crippen LogP contribution in [0.3, 0.4) is 0 Å². The molecule has 98 valence electrons. The first kappa shape index (κ1) is 12.6. The van der Waals surface area contributed by atoms with Gasteiger partial charge in [-0.05, 0) is 18.9 Å². The van der Waals surface area contributed by atoms with Crippen molar-refractivity contribution in [1.82, 2.24) is 10.2 Å². The van der Waals surface area contributed by atoms with Gasteiger partial charge in [0, 0.05) is 6.04 Å². The van der Waals surface area contributed by atoms with Crippen LogP contribution in [0.15, 0.2) is 12.3 Å². The van der Waals surface area contributed by atoms with Gasteiger partial charge in [-0.1, -0.05) is 0 Å². The van der Waals surface area contributed by atoms with Crippen molar-refractivity contribution in [3.05, 3.63) is 17.8 Å². The fourth-order valence-corrected chi connectivity index (χ4v) is 1.66. The zero-order valence-corrected chi connectivity index (χ0v) is 9.18. The van der Waals surface area contributed by atoms with Crippen LogP contribution in [0.25, 0.3) is 0 Å². The van der Waals surface area contributed by atoms with Gasteiger partial charge in [0.15, 0.2) is 5.82 Å². The quantitative estimate of drug-likeness (QED) is 0.893. The first-order chi connectivity index (χ1) is 8.38. The number of halogens is 3. The van der Waals surface area contributed by atoms with Gasteiger partial charge in [0.1, 0.15) is 12.1 Å². The van der Waals surface area contributed by atoms with Gasteiger partial charge < -0.3 is 10.0 Å². The van der Waals surface area contributed by atoms with Crippen molar-refractivity contribution in [3.63, 3.8) is 0 Å². The van der Waals surface area contributed by atoms with E-state index in [4.69, 9.17) is 5.11 Å². The third-order valence-corrected chi connectivity index (χ3v) is 2.54. The van der Waals surface area contributed by atoms with E-state index in [1.54, 1.807) is 0 Å². The summed E-state index contributed by atoms with van der Waals surface area (Å²) in [5, 5.41) is 15.9. The fourth-order valence-electron chi connectivity index (χ4n) is 1.66. The average Bonchev–Trinajstić information content (AvgIpc) is 3.08. The third-order valence-electron chi connectivity index (χ3n) is 2.54. The molecule has 0 aliphatic heterocycles. The molecule has 0 bridgehead atoms. The van der Waals surface area contributed by atoms with Crippen LogP contribution in [0.2, 0.25) is 0 Å². The molecule has 0 unspecified atom stereocenters. The molecular formula is C10H10F3N3O2. The highest BCUT2D eigenvalue weighted by Crippen LogP contribution is 2.34. The summed E-state index contributed by atoms with van der Waals surface area (Å²) >= 11 is 0. The topological polar surface area (TPSA) is 66.3 Å². The summed E-state index contributed by atoms with van der Waals surface area (Å²) < 4.78 is 37.4. The molecule has 1 aliphatic carbocycles. The maximum absolute atomic E-state index is 12.5. The van der Waals surface area contributed by atoms with Crippen LogP contribution in [-0.4, -0.2) is 40.0 Å². The van der Waals surface area contributed by atoms with E-state index in [0.717, 1.165) is 17.2 Å². The van der Waals surface area contributed by atoms with Gasteiger partial charge in [0.2, 0.25) is 0 Å². The molecule has 5 nitrogen and oxygen atoms in total. The Hall–Kier alpha value is -1.86. The Morgan fingerprint density at radius 1 is 1.50 bits per heavy atom. The SMILES string of the molecule is O=C(O)c1ccnnc1N(CC(F)(F)F)C1CC1. The molecule has 0 amide bonds. The number of anilines is 1. The zero-order valence-electron chi connectivity index (χ0n) is 9.18. The maximum atomic E-state index is 12.5. The molecule has 1 N–H and O–H groups in total. The summed E-state index contributed by atoms with van der Waals surface area (Å²) in [6.07, 6.45) is -2.06. The van der Waals surface area contributed by atoms with Gasteiger partial charge in [-0.15, -0.1) is 5.10 Å². The Morgan fingerprint density at radius 3 is 2.67 bits per heavy atom. The molecule has 18 heavy (non-hydrogen) atoms. The van der Waals surface area contributed by atoms with E-state index in [1.807, 2.05) is 0 Å². The van der Waals surface area contributed by atoms with E-state index < -0.39 is 18.7 Å². The number of hydrogen-bond acceptors (Lipinski definition) is 4. The molecule has 1 heterocycles. The van der Waals surface area contributed by atoms with Gasteiger partial charge in [0.25, 0.3) is 0 Å². The molecule has 1 fully saturated rings. The molecule has 0 atom stereocenters. The zero-order chi connectivity index (χ0) is 13.3. The lowest BCUT2D eigenvalue weighted by molar-refractivity contribution is -0.120. The summed E-state index contributed by atoms with van der Waals surface area (Å²) in [4.78, 5) is 11.9. The number of carboxylic acid groups (broad SMARTS) is 1. The Labute approximate surface area is 100 Å². The Bertz CT molecular complexity index is 460. The number of aromatic nitrogens is 2. The predicted molar refractivity (Wildman–Crippen MR) is 55.4 cm³/mol. The monoisotopic (exact) mass is 261 g/mol. The number of hydrogen-bond donors (Lipinski definition) is 1. The highest BCUT2D eigenvalue weighted by Gasteiger charge is 2.40. The number of aromatic carboxylic acids is 1. The molecule has 0 aromatic carbocycles. The molecule has 2 rings (SSSR count). The lowest BCUT2D eigenvalue weighted by Crippen LogP contribution is -2.37. The smallest absolute Gasteiger partial charge is 0.405 e. The van der Waals surface area contributed by atoms with Crippen LogP contribution in [0.5, 0.6) is 0 Å². The van der Waals surface area contributed by atoms with Crippen molar-refractivity contribution < 1.29 is 23.1 Å². The summed E-state index contributed by atoms with van der Waals surface area (Å²) in [6.45, 7) is -1.21. The van der Waals surface area contributed by atoms with E-state index >= 15 is 0 Å². The Kier molecular flexibility index (Phi) is 3.10. The maximum Gasteiger partial charge on any atom is 0.405 e. The second kappa shape index (κ2) is 4.43. The van der Waals surface area contributed by atoms with Crippen molar-refractivity contribution in [1.29, 1.82) is 0 Å². The number of alkyl halides is 3. The summed E-state index contributed by atoms with van der Waals surface area (Å²) in [5.74, 6) is -1.53. The van der Waals surface area contributed by atoms with Crippen LogP contribution in [0.1, 0.15) is 23.2 Å². The van der Waals surface area contributed by atoms with Crippen molar-refractivity contribution in [2.75, 3.05) is 11.4 Å².